The van der Waals surface area contributed by atoms with Crippen LogP contribution in [-0.2, 0) is 9.59 Å². The number of rotatable bonds is 2. The molecule has 22 heavy (non-hydrogen) atoms. The minimum absolute atomic E-state index is 0.140. The van der Waals surface area contributed by atoms with E-state index in [4.69, 9.17) is 12.2 Å². The van der Waals surface area contributed by atoms with Crippen molar-refractivity contribution in [3.8, 4) is 0 Å². The van der Waals surface area contributed by atoms with Gasteiger partial charge in [-0.05, 0) is 13.0 Å². The number of benzene rings is 1. The number of carbonyl (C=O) groups excluding carboxylic acids is 2. The summed E-state index contributed by atoms with van der Waals surface area (Å²) in [6.45, 7) is 2.19. The molecule has 0 saturated carbocycles. The lowest BCUT2D eigenvalue weighted by Crippen LogP contribution is -2.27. The molecule has 2 aliphatic heterocycles. The number of nitrogens with one attached hydrogen (secondary N) is 1. The lowest BCUT2D eigenvalue weighted by Gasteiger charge is -2.09. The number of anilines is 1. The van der Waals surface area contributed by atoms with Gasteiger partial charge >= 0.3 is 0 Å². The summed E-state index contributed by atoms with van der Waals surface area (Å²) in [6.07, 6.45) is 0. The van der Waals surface area contributed by atoms with Crippen LogP contribution in [0.5, 0.6) is 0 Å². The van der Waals surface area contributed by atoms with E-state index in [1.807, 2.05) is 0 Å². The molecule has 0 aromatic heterocycles. The van der Waals surface area contributed by atoms with E-state index in [2.05, 4.69) is 5.32 Å². The molecule has 1 aromatic rings. The summed E-state index contributed by atoms with van der Waals surface area (Å²) < 4.78 is 0.377. The molecule has 0 bridgehead atoms. The summed E-state index contributed by atoms with van der Waals surface area (Å²) in [5.41, 5.74) is 0.814. The van der Waals surface area contributed by atoms with Gasteiger partial charge in [0, 0.05) is 29.9 Å². The van der Waals surface area contributed by atoms with Crippen LogP contribution in [0, 0.1) is 10.1 Å². The van der Waals surface area contributed by atoms with Gasteiger partial charge in [0.2, 0.25) is 0 Å². The third kappa shape index (κ3) is 2.09. The highest BCUT2D eigenvalue weighted by atomic mass is 32.2. The molecular formula is C13H9N3O4S2. The summed E-state index contributed by atoms with van der Waals surface area (Å²) in [4.78, 5) is 36.5. The highest BCUT2D eigenvalue weighted by Crippen LogP contribution is 2.42. The van der Waals surface area contributed by atoms with Gasteiger partial charge in [0.05, 0.1) is 15.4 Å². The molecule has 0 spiro atoms. The third-order valence-electron chi connectivity index (χ3n) is 3.35. The number of nitro benzene ring substituents is 1. The zero-order valence-corrected chi connectivity index (χ0v) is 12.9. The Balaban J connectivity index is 2.18. The van der Waals surface area contributed by atoms with Crippen LogP contribution < -0.4 is 5.32 Å². The molecule has 9 heteroatoms. The molecule has 2 aliphatic rings. The standard InChI is InChI=1S/C13H9N3O4S2/c1-2-15-12(18)10(22-13(15)21)9-7-5-6(16(19)20)3-4-8(7)14-11(9)17/h3-5H,2H2,1H3,(H,14,17)/b10-9-. The smallest absolute Gasteiger partial charge is 0.270 e. The monoisotopic (exact) mass is 335 g/mol. The van der Waals surface area contributed by atoms with E-state index in [-0.39, 0.29) is 22.1 Å². The lowest BCUT2D eigenvalue weighted by molar-refractivity contribution is -0.384. The molecule has 0 unspecified atom stereocenters. The maximum atomic E-state index is 12.4. The van der Waals surface area contributed by atoms with Gasteiger partial charge in [-0.2, -0.15) is 0 Å². The Morgan fingerprint density at radius 3 is 2.73 bits per heavy atom. The van der Waals surface area contributed by atoms with Gasteiger partial charge in [-0.3, -0.25) is 24.6 Å². The van der Waals surface area contributed by atoms with Crippen molar-refractivity contribution in [3.05, 3.63) is 38.8 Å². The number of hydrogen-bond donors (Lipinski definition) is 1. The SMILES string of the molecule is CCN1C(=O)/C(=C2/C(=O)Nc3ccc([N+](=O)[O-])cc32)SC1=S. The van der Waals surface area contributed by atoms with Crippen molar-refractivity contribution in [2.75, 3.05) is 11.9 Å². The van der Waals surface area contributed by atoms with Crippen molar-refractivity contribution in [1.29, 1.82) is 0 Å². The van der Waals surface area contributed by atoms with E-state index in [0.717, 1.165) is 11.8 Å². The Labute approximate surface area is 134 Å². The largest absolute Gasteiger partial charge is 0.321 e. The number of hydrogen-bond acceptors (Lipinski definition) is 6. The number of thiocarbonyl (C=S) groups is 1. The molecule has 0 atom stereocenters. The molecule has 1 N–H and O–H groups in total. The second-order valence-electron chi connectivity index (χ2n) is 4.56. The van der Waals surface area contributed by atoms with Crippen molar-refractivity contribution >= 4 is 57.1 Å². The van der Waals surface area contributed by atoms with Crippen molar-refractivity contribution in [2.24, 2.45) is 0 Å². The van der Waals surface area contributed by atoms with E-state index in [9.17, 15) is 19.7 Å². The molecular weight excluding hydrogens is 326 g/mol. The summed E-state index contributed by atoms with van der Waals surface area (Å²) in [6, 6.07) is 4.05. The summed E-state index contributed by atoms with van der Waals surface area (Å²) >= 11 is 6.17. The minimum Gasteiger partial charge on any atom is -0.321 e. The number of carbonyl (C=O) groups is 2. The second-order valence-corrected chi connectivity index (χ2v) is 6.21. The molecule has 2 amide bonds. The van der Waals surface area contributed by atoms with E-state index in [1.54, 1.807) is 6.92 Å². The first-order chi connectivity index (χ1) is 10.4. The van der Waals surface area contributed by atoms with Crippen LogP contribution in [0.1, 0.15) is 12.5 Å². The fraction of sp³-hybridized carbons (Fsp3) is 0.154. The minimum atomic E-state index is -0.544. The number of nitrogens with zero attached hydrogens (tertiary/aromatic N) is 2. The Hall–Kier alpha value is -2.26. The maximum absolute atomic E-state index is 12.4. The Kier molecular flexibility index (Phi) is 3.45. The topological polar surface area (TPSA) is 92.6 Å². The van der Waals surface area contributed by atoms with Crippen LogP contribution in [-0.4, -0.2) is 32.5 Å². The Morgan fingerprint density at radius 1 is 1.41 bits per heavy atom. The molecule has 1 aromatic carbocycles. The number of fused-ring (bicyclic) bond motifs is 1. The van der Waals surface area contributed by atoms with Crippen LogP contribution in [0.4, 0.5) is 11.4 Å². The van der Waals surface area contributed by atoms with Gasteiger partial charge in [0.15, 0.2) is 0 Å². The molecule has 3 rings (SSSR count). The second kappa shape index (κ2) is 5.18. The van der Waals surface area contributed by atoms with Gasteiger partial charge in [0.1, 0.15) is 4.32 Å². The predicted octanol–water partition coefficient (Wildman–Crippen LogP) is 2.14. The zero-order valence-electron chi connectivity index (χ0n) is 11.3. The summed E-state index contributed by atoms with van der Waals surface area (Å²) in [5, 5.41) is 13.5. The number of amides is 2. The average Bonchev–Trinajstić information content (AvgIpc) is 2.93. The highest BCUT2D eigenvalue weighted by molar-refractivity contribution is 8.26. The molecule has 7 nitrogen and oxygen atoms in total. The Morgan fingerprint density at radius 2 is 2.14 bits per heavy atom. The van der Waals surface area contributed by atoms with Crippen LogP contribution in [0.3, 0.4) is 0 Å². The van der Waals surface area contributed by atoms with Crippen molar-refractivity contribution < 1.29 is 14.5 Å². The third-order valence-corrected chi connectivity index (χ3v) is 4.80. The number of thioether (sulfide) groups is 1. The van der Waals surface area contributed by atoms with Crippen molar-refractivity contribution in [2.45, 2.75) is 6.92 Å². The van der Waals surface area contributed by atoms with Gasteiger partial charge < -0.3 is 5.32 Å². The zero-order chi connectivity index (χ0) is 16.0. The van der Waals surface area contributed by atoms with Crippen molar-refractivity contribution in [1.82, 2.24) is 4.90 Å². The summed E-state index contributed by atoms with van der Waals surface area (Å²) in [7, 11) is 0. The fourth-order valence-corrected chi connectivity index (χ4v) is 3.78. The van der Waals surface area contributed by atoms with E-state index in [1.165, 1.54) is 23.1 Å². The predicted molar refractivity (Wildman–Crippen MR) is 86.2 cm³/mol. The van der Waals surface area contributed by atoms with Crippen molar-refractivity contribution in [3.63, 3.8) is 0 Å². The molecule has 0 radical (unpaired) electrons. The van der Waals surface area contributed by atoms with Crippen LogP contribution in [0.15, 0.2) is 23.1 Å². The first kappa shape index (κ1) is 14.7. The highest BCUT2D eigenvalue weighted by Gasteiger charge is 2.39. The average molecular weight is 335 g/mol. The number of nitro groups is 1. The van der Waals surface area contributed by atoms with Gasteiger partial charge in [-0.15, -0.1) is 0 Å². The lowest BCUT2D eigenvalue weighted by atomic mass is 10.1. The number of likely N-dealkylation sites (N-methyl/N-ethyl adjacent to an activating group) is 1. The van der Waals surface area contributed by atoms with Gasteiger partial charge in [0.25, 0.3) is 17.5 Å². The quantitative estimate of drug-likeness (QED) is 0.385. The first-order valence-corrected chi connectivity index (χ1v) is 7.54. The molecule has 112 valence electrons. The van der Waals surface area contributed by atoms with E-state index < -0.39 is 10.8 Å². The summed E-state index contributed by atoms with van der Waals surface area (Å²) in [5.74, 6) is -0.797. The van der Waals surface area contributed by atoms with Crippen LogP contribution >= 0.6 is 24.0 Å². The van der Waals surface area contributed by atoms with Gasteiger partial charge in [-0.1, -0.05) is 24.0 Å². The van der Waals surface area contributed by atoms with Crippen LogP contribution in [0.25, 0.3) is 5.57 Å². The maximum Gasteiger partial charge on any atom is 0.270 e. The normalized spacial score (nSPS) is 20.4. The Bertz CT molecular complexity index is 787. The first-order valence-electron chi connectivity index (χ1n) is 6.32. The molecule has 1 fully saturated rings. The van der Waals surface area contributed by atoms with E-state index in [0.29, 0.717) is 22.1 Å². The molecule has 1 saturated heterocycles. The molecule has 0 aliphatic carbocycles. The molecule has 2 heterocycles. The van der Waals surface area contributed by atoms with Crippen LogP contribution in [0.2, 0.25) is 0 Å². The fourth-order valence-electron chi connectivity index (χ4n) is 2.32. The number of non-ortho nitro benzene ring substituents is 1. The van der Waals surface area contributed by atoms with E-state index >= 15 is 0 Å². The van der Waals surface area contributed by atoms with Gasteiger partial charge in [-0.25, -0.2) is 0 Å².